The Morgan fingerprint density at radius 3 is 2.67 bits per heavy atom. The minimum atomic E-state index is 0.746. The third kappa shape index (κ3) is 2.88. The fourth-order valence-corrected chi connectivity index (χ4v) is 4.35. The summed E-state index contributed by atoms with van der Waals surface area (Å²) < 4.78 is 2.43. The first-order valence-electron chi connectivity index (χ1n) is 8.84. The van der Waals surface area contributed by atoms with Gasteiger partial charge in [0.1, 0.15) is 0 Å². The van der Waals surface area contributed by atoms with Gasteiger partial charge in [-0.25, -0.2) is 4.98 Å². The quantitative estimate of drug-likeness (QED) is 0.874. The number of hydrogen-bond acceptors (Lipinski definition) is 3. The predicted octanol–water partition coefficient (Wildman–Crippen LogP) is 2.71. The Balaban J connectivity index is 1.47. The molecule has 1 saturated carbocycles. The molecule has 2 unspecified atom stereocenters. The van der Waals surface area contributed by atoms with Gasteiger partial charge in [-0.1, -0.05) is 6.92 Å². The van der Waals surface area contributed by atoms with Crippen molar-refractivity contribution in [2.45, 2.75) is 82.6 Å². The van der Waals surface area contributed by atoms with Crippen molar-refractivity contribution in [1.29, 1.82) is 0 Å². The lowest BCUT2D eigenvalue weighted by Gasteiger charge is -2.37. The summed E-state index contributed by atoms with van der Waals surface area (Å²) in [6, 6.07) is 3.07. The third-order valence-corrected chi connectivity index (χ3v) is 5.53. The number of imidazole rings is 1. The minimum absolute atomic E-state index is 0.746. The minimum Gasteiger partial charge on any atom is -0.330 e. The van der Waals surface area contributed by atoms with E-state index in [0.29, 0.717) is 0 Å². The van der Waals surface area contributed by atoms with Crippen LogP contribution in [0.1, 0.15) is 63.6 Å². The van der Waals surface area contributed by atoms with Gasteiger partial charge in [0.05, 0.1) is 12.0 Å². The summed E-state index contributed by atoms with van der Waals surface area (Å²) in [7, 11) is 0. The van der Waals surface area contributed by atoms with E-state index in [0.717, 1.165) is 30.7 Å². The van der Waals surface area contributed by atoms with Gasteiger partial charge in [0.25, 0.3) is 0 Å². The molecule has 21 heavy (non-hydrogen) atoms. The van der Waals surface area contributed by atoms with Gasteiger partial charge in [0.15, 0.2) is 0 Å². The van der Waals surface area contributed by atoms with Gasteiger partial charge in [-0.2, -0.15) is 0 Å². The summed E-state index contributed by atoms with van der Waals surface area (Å²) in [4.78, 5) is 7.15. The first-order valence-corrected chi connectivity index (χ1v) is 8.84. The van der Waals surface area contributed by atoms with Crippen LogP contribution in [0, 0.1) is 0 Å². The van der Waals surface area contributed by atoms with Crippen LogP contribution < -0.4 is 5.32 Å². The lowest BCUT2D eigenvalue weighted by Crippen LogP contribution is -2.48. The number of nitrogens with one attached hydrogen (secondary N) is 1. The molecule has 3 aliphatic rings. The first-order chi connectivity index (χ1) is 10.3. The number of nitrogens with zero attached hydrogens (tertiary/aromatic N) is 3. The summed E-state index contributed by atoms with van der Waals surface area (Å²) in [6.07, 6.45) is 13.5. The van der Waals surface area contributed by atoms with Crippen LogP contribution in [0.25, 0.3) is 0 Å². The SMILES string of the molecule is CCCN(Cc1cncn1C1CC1)C1CC2CCC(C1)N2. The number of hydrogen-bond donors (Lipinski definition) is 1. The average Bonchev–Trinajstić information content (AvgIpc) is 3.15. The lowest BCUT2D eigenvalue weighted by atomic mass is 9.97. The van der Waals surface area contributed by atoms with Gasteiger partial charge < -0.3 is 9.88 Å². The molecule has 3 fully saturated rings. The van der Waals surface area contributed by atoms with Crippen LogP contribution in [0.15, 0.2) is 12.5 Å². The standard InChI is InChI=1S/C17H28N4/c1-2-7-20(16-8-13-3-4-14(9-16)19-13)11-17-10-18-12-21(17)15-5-6-15/h10,12-16,19H,2-9,11H2,1H3. The monoisotopic (exact) mass is 288 g/mol. The molecular formula is C17H28N4. The van der Waals surface area contributed by atoms with E-state index in [1.807, 2.05) is 6.33 Å². The maximum Gasteiger partial charge on any atom is 0.0951 e. The Kier molecular flexibility index (Phi) is 3.76. The zero-order valence-electron chi connectivity index (χ0n) is 13.2. The molecule has 3 heterocycles. The molecule has 1 aromatic heterocycles. The smallest absolute Gasteiger partial charge is 0.0951 e. The third-order valence-electron chi connectivity index (χ3n) is 5.53. The van der Waals surface area contributed by atoms with E-state index in [9.17, 15) is 0 Å². The van der Waals surface area contributed by atoms with Gasteiger partial charge in [0, 0.05) is 36.9 Å². The highest BCUT2D eigenvalue weighted by Gasteiger charge is 2.36. The Hall–Kier alpha value is -0.870. The fraction of sp³-hybridized carbons (Fsp3) is 0.824. The summed E-state index contributed by atoms with van der Waals surface area (Å²) >= 11 is 0. The molecule has 4 heteroatoms. The van der Waals surface area contributed by atoms with Gasteiger partial charge in [-0.05, 0) is 51.5 Å². The Bertz CT molecular complexity index is 467. The number of aromatic nitrogens is 2. The number of piperidine rings is 1. The largest absolute Gasteiger partial charge is 0.330 e. The highest BCUT2D eigenvalue weighted by molar-refractivity contribution is 5.05. The van der Waals surface area contributed by atoms with Crippen LogP contribution in [-0.2, 0) is 6.54 Å². The second-order valence-electron chi connectivity index (χ2n) is 7.26. The molecule has 0 spiro atoms. The molecule has 1 N–H and O–H groups in total. The zero-order valence-corrected chi connectivity index (χ0v) is 13.2. The van der Waals surface area contributed by atoms with E-state index in [2.05, 4.69) is 32.9 Å². The summed E-state index contributed by atoms with van der Waals surface area (Å²) in [5.74, 6) is 0. The topological polar surface area (TPSA) is 33.1 Å². The Labute approximate surface area is 127 Å². The van der Waals surface area contributed by atoms with E-state index in [-0.39, 0.29) is 0 Å². The van der Waals surface area contributed by atoms with E-state index in [4.69, 9.17) is 0 Å². The molecule has 2 aliphatic heterocycles. The van der Waals surface area contributed by atoms with Crippen LogP contribution in [0.3, 0.4) is 0 Å². The molecular weight excluding hydrogens is 260 g/mol. The van der Waals surface area contributed by atoms with Gasteiger partial charge in [-0.15, -0.1) is 0 Å². The Morgan fingerprint density at radius 2 is 2.00 bits per heavy atom. The van der Waals surface area contributed by atoms with Crippen LogP contribution in [0.5, 0.6) is 0 Å². The van der Waals surface area contributed by atoms with Crippen molar-refractivity contribution in [3.8, 4) is 0 Å². The normalized spacial score (nSPS) is 32.0. The van der Waals surface area contributed by atoms with Gasteiger partial charge >= 0.3 is 0 Å². The van der Waals surface area contributed by atoms with Gasteiger partial charge in [-0.3, -0.25) is 4.90 Å². The maximum atomic E-state index is 4.41. The molecule has 4 rings (SSSR count). The molecule has 2 bridgehead atoms. The second-order valence-corrected chi connectivity index (χ2v) is 7.26. The summed E-state index contributed by atoms with van der Waals surface area (Å²) in [5.41, 5.74) is 1.43. The van der Waals surface area contributed by atoms with E-state index in [1.165, 1.54) is 57.2 Å². The molecule has 2 saturated heterocycles. The van der Waals surface area contributed by atoms with Crippen molar-refractivity contribution in [1.82, 2.24) is 19.8 Å². The molecule has 0 radical (unpaired) electrons. The molecule has 0 aromatic carbocycles. The van der Waals surface area contributed by atoms with Crippen LogP contribution >= 0.6 is 0 Å². The second kappa shape index (κ2) is 5.73. The Morgan fingerprint density at radius 1 is 1.24 bits per heavy atom. The fourth-order valence-electron chi connectivity index (χ4n) is 4.35. The van der Waals surface area contributed by atoms with Crippen molar-refractivity contribution in [3.63, 3.8) is 0 Å². The van der Waals surface area contributed by atoms with Crippen LogP contribution in [-0.4, -0.2) is 39.1 Å². The highest BCUT2D eigenvalue weighted by atomic mass is 15.2. The van der Waals surface area contributed by atoms with Gasteiger partial charge in [0.2, 0.25) is 0 Å². The van der Waals surface area contributed by atoms with E-state index in [1.54, 1.807) is 0 Å². The van der Waals surface area contributed by atoms with Crippen molar-refractivity contribution >= 4 is 0 Å². The first kappa shape index (κ1) is 13.8. The lowest BCUT2D eigenvalue weighted by molar-refractivity contribution is 0.131. The highest BCUT2D eigenvalue weighted by Crippen LogP contribution is 2.36. The molecule has 4 nitrogen and oxygen atoms in total. The maximum absolute atomic E-state index is 4.41. The number of rotatable bonds is 6. The molecule has 0 amide bonds. The molecule has 116 valence electrons. The summed E-state index contributed by atoms with van der Waals surface area (Å²) in [5, 5.41) is 3.77. The molecule has 1 aromatic rings. The predicted molar refractivity (Wildman–Crippen MR) is 84.2 cm³/mol. The van der Waals surface area contributed by atoms with Crippen molar-refractivity contribution in [2.24, 2.45) is 0 Å². The van der Waals surface area contributed by atoms with Crippen LogP contribution in [0.2, 0.25) is 0 Å². The van der Waals surface area contributed by atoms with Crippen molar-refractivity contribution in [2.75, 3.05) is 6.54 Å². The molecule has 2 atom stereocenters. The van der Waals surface area contributed by atoms with E-state index < -0.39 is 0 Å². The zero-order chi connectivity index (χ0) is 14.2. The average molecular weight is 288 g/mol. The summed E-state index contributed by atoms with van der Waals surface area (Å²) in [6.45, 7) is 4.62. The van der Waals surface area contributed by atoms with Crippen molar-refractivity contribution in [3.05, 3.63) is 18.2 Å². The van der Waals surface area contributed by atoms with E-state index >= 15 is 0 Å². The van der Waals surface area contributed by atoms with Crippen molar-refractivity contribution < 1.29 is 0 Å². The number of fused-ring (bicyclic) bond motifs is 2. The van der Waals surface area contributed by atoms with Crippen LogP contribution in [0.4, 0.5) is 0 Å². The molecule has 1 aliphatic carbocycles.